The molecule has 0 saturated carbocycles. The maximum Gasteiger partial charge on any atom is 0.329 e. The number of rotatable bonds is 12. The lowest BCUT2D eigenvalue weighted by Gasteiger charge is -2.46. The maximum absolute atomic E-state index is 16.9. The molecule has 4 aliphatic heterocycles. The zero-order chi connectivity index (χ0) is 53.0. The molecular formula is C63H57N5O9. The van der Waals surface area contributed by atoms with Crippen LogP contribution in [0.2, 0.25) is 0 Å². The summed E-state index contributed by atoms with van der Waals surface area (Å²) in [5.41, 5.74) is 3.77. The first-order valence-electron chi connectivity index (χ1n) is 25.8. The number of morpholine rings is 2. The maximum atomic E-state index is 16.9. The van der Waals surface area contributed by atoms with Crippen molar-refractivity contribution in [2.45, 2.75) is 42.6 Å². The number of hydrogen-bond donors (Lipinski definition) is 3. The van der Waals surface area contributed by atoms with E-state index in [4.69, 9.17) is 18.9 Å². The van der Waals surface area contributed by atoms with Crippen LogP contribution in [0, 0.1) is 17.8 Å². The number of nitrogens with zero attached hydrogens (tertiary/aromatic N) is 3. The molecule has 7 aromatic carbocycles. The van der Waals surface area contributed by atoms with E-state index in [1.165, 1.54) is 0 Å². The van der Waals surface area contributed by atoms with Gasteiger partial charge in [0.1, 0.15) is 35.7 Å². The molecule has 0 aromatic heterocycles. The smallest absolute Gasteiger partial charge is 0.329 e. The van der Waals surface area contributed by atoms with Crippen molar-refractivity contribution in [1.29, 1.82) is 0 Å². The summed E-state index contributed by atoms with van der Waals surface area (Å²) < 4.78 is 23.8. The number of esters is 1. The monoisotopic (exact) mass is 1030 g/mol. The number of ether oxygens (including phenoxy) is 4. The van der Waals surface area contributed by atoms with Crippen molar-refractivity contribution in [3.05, 3.63) is 221 Å². The van der Waals surface area contributed by atoms with Gasteiger partial charge in [-0.2, -0.15) is 0 Å². The molecule has 77 heavy (non-hydrogen) atoms. The zero-order valence-electron chi connectivity index (χ0n) is 42.6. The minimum Gasteiger partial charge on any atom is -0.497 e. The molecule has 14 nitrogen and oxygen atoms in total. The number of hydrogen-bond acceptors (Lipinski definition) is 11. The van der Waals surface area contributed by atoms with Crippen molar-refractivity contribution >= 4 is 40.9 Å². The first-order chi connectivity index (χ1) is 37.7. The third-order valence-corrected chi connectivity index (χ3v) is 15.1. The fourth-order valence-electron chi connectivity index (χ4n) is 11.6. The van der Waals surface area contributed by atoms with Gasteiger partial charge >= 0.3 is 12.0 Å². The normalized spacial score (nSPS) is 22.0. The molecule has 0 aliphatic carbocycles. The van der Waals surface area contributed by atoms with E-state index in [1.54, 1.807) is 55.6 Å². The Balaban J connectivity index is 1.17. The number of anilines is 3. The molecule has 0 unspecified atom stereocenters. The van der Waals surface area contributed by atoms with E-state index in [0.29, 0.717) is 71.3 Å². The molecule has 3 saturated heterocycles. The van der Waals surface area contributed by atoms with Crippen molar-refractivity contribution < 1.29 is 43.2 Å². The van der Waals surface area contributed by atoms with E-state index in [1.807, 2.05) is 145 Å². The Labute approximate surface area is 447 Å². The van der Waals surface area contributed by atoms with Crippen LogP contribution in [-0.2, 0) is 29.3 Å². The first kappa shape index (κ1) is 50.4. The number of imide groups is 1. The van der Waals surface area contributed by atoms with Crippen LogP contribution in [0.3, 0.4) is 0 Å². The largest absolute Gasteiger partial charge is 0.497 e. The minimum absolute atomic E-state index is 0.0262. The van der Waals surface area contributed by atoms with Crippen LogP contribution in [0.5, 0.6) is 11.5 Å². The molecule has 388 valence electrons. The van der Waals surface area contributed by atoms with Gasteiger partial charge in [0.05, 0.1) is 56.7 Å². The van der Waals surface area contributed by atoms with Gasteiger partial charge in [-0.3, -0.25) is 19.3 Å². The fourth-order valence-corrected chi connectivity index (χ4v) is 11.6. The van der Waals surface area contributed by atoms with Crippen molar-refractivity contribution in [2.75, 3.05) is 61.7 Å². The molecule has 7 aromatic rings. The van der Waals surface area contributed by atoms with Crippen LogP contribution in [0.25, 0.3) is 0 Å². The van der Waals surface area contributed by atoms with Crippen molar-refractivity contribution in [1.82, 2.24) is 10.2 Å². The summed E-state index contributed by atoms with van der Waals surface area (Å²) in [6.45, 7) is 4.14. The minimum atomic E-state index is -2.07. The van der Waals surface area contributed by atoms with E-state index >= 15 is 19.2 Å². The molecule has 4 amide bonds. The quantitative estimate of drug-likeness (QED) is 0.0792. The predicted molar refractivity (Wildman–Crippen MR) is 291 cm³/mol. The van der Waals surface area contributed by atoms with E-state index in [9.17, 15) is 5.11 Å². The predicted octanol–water partition coefficient (Wildman–Crippen LogP) is 9.08. The Morgan fingerprint density at radius 1 is 0.727 bits per heavy atom. The highest BCUT2D eigenvalue weighted by molar-refractivity contribution is 6.25. The van der Waals surface area contributed by atoms with Crippen LogP contribution in [0.15, 0.2) is 182 Å². The number of benzene rings is 7. The number of nitrogens with one attached hydrogen (secondary N) is 2. The highest BCUT2D eigenvalue weighted by Gasteiger charge is 2.75. The summed E-state index contributed by atoms with van der Waals surface area (Å²) in [6, 6.07) is 50.9. The number of aliphatic hydroxyl groups excluding tert-OH is 1. The third kappa shape index (κ3) is 9.54. The second-order valence-corrected chi connectivity index (χ2v) is 19.5. The molecule has 4 aliphatic rings. The van der Waals surface area contributed by atoms with Crippen LogP contribution >= 0.6 is 0 Å². The molecule has 14 heteroatoms. The van der Waals surface area contributed by atoms with Gasteiger partial charge in [-0.05, 0) is 114 Å². The molecule has 0 radical (unpaired) electrons. The average molecular weight is 1030 g/mol. The third-order valence-electron chi connectivity index (χ3n) is 15.1. The number of urea groups is 1. The Kier molecular flexibility index (Phi) is 14.3. The SMILES string of the molecule is COc1ccc(C#Cc2ccc3c(c2)[C@]2(C(=O)N3C(=O)N[C@H](C)c3ccccc3)[C@H](c3cccc(OCCO)c3)N3[C@H](c4ccccc4)[C@H](c4ccccc4)OC(=O)[C@H]3[C@@H]2C(=O)Nc2ccc(N3CCOCC3)cc2)cc1. The number of amides is 4. The molecule has 0 bridgehead atoms. The van der Waals surface area contributed by atoms with Crippen molar-refractivity contribution in [3.63, 3.8) is 0 Å². The summed E-state index contributed by atoms with van der Waals surface area (Å²) in [6.07, 6.45) is -0.936. The van der Waals surface area contributed by atoms with E-state index in [0.717, 1.165) is 21.7 Å². The van der Waals surface area contributed by atoms with E-state index < -0.39 is 65.4 Å². The Bertz CT molecular complexity index is 3350. The zero-order valence-corrected chi connectivity index (χ0v) is 42.6. The number of carbonyl (C=O) groups excluding carboxylic acids is 4. The lowest BCUT2D eigenvalue weighted by atomic mass is 9.65. The molecular weight excluding hydrogens is 971 g/mol. The Morgan fingerprint density at radius 3 is 2.06 bits per heavy atom. The Morgan fingerprint density at radius 2 is 1.38 bits per heavy atom. The highest BCUT2D eigenvalue weighted by atomic mass is 16.6. The number of methoxy groups -OCH3 is 1. The lowest BCUT2D eigenvalue weighted by Crippen LogP contribution is -2.55. The van der Waals surface area contributed by atoms with Gasteiger partial charge in [0.25, 0.3) is 0 Å². The molecule has 4 heterocycles. The van der Waals surface area contributed by atoms with E-state index in [-0.39, 0.29) is 18.9 Å². The van der Waals surface area contributed by atoms with Gasteiger partial charge < -0.3 is 39.6 Å². The molecule has 11 rings (SSSR count). The van der Waals surface area contributed by atoms with E-state index in [2.05, 4.69) is 27.4 Å². The number of aliphatic hydroxyl groups is 1. The second kappa shape index (κ2) is 21.8. The second-order valence-electron chi connectivity index (χ2n) is 19.5. The molecule has 3 N–H and O–H groups in total. The van der Waals surface area contributed by atoms with Crippen LogP contribution in [-0.4, -0.2) is 86.5 Å². The lowest BCUT2D eigenvalue weighted by molar-refractivity contribution is -0.177. The fraction of sp³-hybridized carbons (Fsp3) is 0.238. The van der Waals surface area contributed by atoms with Crippen molar-refractivity contribution in [3.8, 4) is 23.3 Å². The molecule has 7 atom stereocenters. The van der Waals surface area contributed by atoms with Crippen LogP contribution in [0.4, 0.5) is 21.9 Å². The Hall–Kier alpha value is -8.74. The highest BCUT2D eigenvalue weighted by Crippen LogP contribution is 2.66. The number of carbonyl (C=O) groups is 4. The van der Waals surface area contributed by atoms with Crippen LogP contribution in [0.1, 0.15) is 70.1 Å². The molecule has 3 fully saturated rings. The van der Waals surface area contributed by atoms with Gasteiger partial charge in [0.15, 0.2) is 0 Å². The number of cyclic esters (lactones) is 1. The summed E-state index contributed by atoms with van der Waals surface area (Å²) in [5, 5.41) is 16.2. The molecule has 1 spiro atoms. The van der Waals surface area contributed by atoms with Crippen LogP contribution < -0.4 is 29.9 Å². The summed E-state index contributed by atoms with van der Waals surface area (Å²) in [4.78, 5) is 69.5. The standard InChI is InChI=1S/C63H57N5O9/c1-41(44-13-6-3-7-14-44)64-62(73)67-53-32-25-43(22-21-42-23-30-50(74-2)31-24-42)39-52(53)63(61(67)72)54(59(70)65-48-26-28-49(29-27-48)66-33-36-75-37-34-66)56-60(71)77-57(46-17-10-5-11-18-46)55(45-15-8-4-9-16-45)68(56)58(63)47-19-12-20-51(40-47)76-38-35-69/h3-20,23-32,39-41,54-58,69H,33-38H2,1-2H3,(H,64,73)(H,65,70)/t41-,54-,55-,56-,57+,58+,63-/m1/s1. The van der Waals surface area contributed by atoms with Gasteiger partial charge in [-0.25, -0.2) is 9.69 Å². The topological polar surface area (TPSA) is 159 Å². The summed E-state index contributed by atoms with van der Waals surface area (Å²) >= 11 is 0. The number of fused-ring (bicyclic) bond motifs is 3. The summed E-state index contributed by atoms with van der Waals surface area (Å²) in [7, 11) is 1.59. The summed E-state index contributed by atoms with van der Waals surface area (Å²) in [5.74, 6) is 3.93. The first-order valence-corrected chi connectivity index (χ1v) is 25.8. The van der Waals surface area contributed by atoms with Crippen molar-refractivity contribution in [2.24, 2.45) is 5.92 Å². The van der Waals surface area contributed by atoms with Gasteiger partial charge in [0.2, 0.25) is 11.8 Å². The average Bonchev–Trinajstić information content (AvgIpc) is 4.18. The van der Waals surface area contributed by atoms with Gasteiger partial charge in [-0.1, -0.05) is 115 Å². The van der Waals surface area contributed by atoms with Gasteiger partial charge in [-0.15, -0.1) is 0 Å². The van der Waals surface area contributed by atoms with Gasteiger partial charge in [0, 0.05) is 35.6 Å².